The molecule has 0 spiro atoms. The molecule has 1 heterocycles. The van der Waals surface area contributed by atoms with E-state index in [2.05, 4.69) is 19.2 Å². The van der Waals surface area contributed by atoms with Crippen LogP contribution < -0.4 is 5.32 Å². The number of benzene rings is 1. The first-order chi connectivity index (χ1) is 11.8. The van der Waals surface area contributed by atoms with E-state index in [1.807, 2.05) is 0 Å². The fourth-order valence-corrected chi connectivity index (χ4v) is 4.52. The van der Waals surface area contributed by atoms with E-state index < -0.39 is 15.8 Å². The molecule has 0 aliphatic carbocycles. The van der Waals surface area contributed by atoms with Crippen molar-refractivity contribution in [3.63, 3.8) is 0 Å². The van der Waals surface area contributed by atoms with E-state index in [4.69, 9.17) is 0 Å². The number of rotatable bonds is 7. The highest BCUT2D eigenvalue weighted by molar-refractivity contribution is 7.89. The number of nitrogens with zero attached hydrogens (tertiary/aromatic N) is 1. The van der Waals surface area contributed by atoms with Crippen molar-refractivity contribution < 1.29 is 17.6 Å². The van der Waals surface area contributed by atoms with Gasteiger partial charge in [-0.1, -0.05) is 13.8 Å². The van der Waals surface area contributed by atoms with Gasteiger partial charge in [-0.05, 0) is 55.9 Å². The molecular formula is C18H27FN2O3S. The van der Waals surface area contributed by atoms with Gasteiger partial charge in [-0.2, -0.15) is 4.31 Å². The second kappa shape index (κ2) is 8.76. The van der Waals surface area contributed by atoms with Crippen molar-refractivity contribution in [3.8, 4) is 0 Å². The van der Waals surface area contributed by atoms with Gasteiger partial charge in [0.1, 0.15) is 5.82 Å². The maximum atomic E-state index is 13.0. The van der Waals surface area contributed by atoms with Crippen LogP contribution in [0.5, 0.6) is 0 Å². The van der Waals surface area contributed by atoms with Crippen molar-refractivity contribution >= 4 is 15.9 Å². The Morgan fingerprint density at radius 1 is 1.32 bits per heavy atom. The minimum atomic E-state index is -3.69. The van der Waals surface area contributed by atoms with E-state index >= 15 is 0 Å². The van der Waals surface area contributed by atoms with Gasteiger partial charge in [0.05, 0.1) is 10.8 Å². The summed E-state index contributed by atoms with van der Waals surface area (Å²) in [7, 11) is -3.69. The largest absolute Gasteiger partial charge is 0.356 e. The van der Waals surface area contributed by atoms with Crippen molar-refractivity contribution in [1.29, 1.82) is 0 Å². The topological polar surface area (TPSA) is 66.5 Å². The van der Waals surface area contributed by atoms with Crippen LogP contribution in [0.25, 0.3) is 0 Å². The lowest BCUT2D eigenvalue weighted by molar-refractivity contribution is -0.126. The Bertz CT molecular complexity index is 674. The summed E-state index contributed by atoms with van der Waals surface area (Å²) in [5.41, 5.74) is 0. The van der Waals surface area contributed by atoms with E-state index in [1.54, 1.807) is 0 Å². The number of piperidine rings is 1. The molecule has 25 heavy (non-hydrogen) atoms. The van der Waals surface area contributed by atoms with Gasteiger partial charge < -0.3 is 5.32 Å². The number of nitrogens with one attached hydrogen (secondary N) is 1. The second-order valence-corrected chi connectivity index (χ2v) is 8.92. The molecule has 1 aliphatic rings. The quantitative estimate of drug-likeness (QED) is 0.751. The molecule has 1 aromatic carbocycles. The van der Waals surface area contributed by atoms with Crippen LogP contribution >= 0.6 is 0 Å². The third-order valence-corrected chi connectivity index (χ3v) is 6.34. The minimum Gasteiger partial charge on any atom is -0.356 e. The number of amides is 1. The summed E-state index contributed by atoms with van der Waals surface area (Å²) in [4.78, 5) is 12.4. The number of hydrogen-bond donors (Lipinski definition) is 1. The number of halogens is 1. The van der Waals surface area contributed by atoms with Crippen molar-refractivity contribution in [2.24, 2.45) is 11.8 Å². The lowest BCUT2D eigenvalue weighted by atomic mass is 9.98. The summed E-state index contributed by atoms with van der Waals surface area (Å²) in [6, 6.07) is 4.80. The van der Waals surface area contributed by atoms with Gasteiger partial charge in [-0.3, -0.25) is 4.79 Å². The molecule has 1 atom stereocenters. The Morgan fingerprint density at radius 3 is 2.64 bits per heavy atom. The molecule has 1 saturated heterocycles. The highest BCUT2D eigenvalue weighted by Crippen LogP contribution is 2.24. The van der Waals surface area contributed by atoms with Gasteiger partial charge >= 0.3 is 0 Å². The van der Waals surface area contributed by atoms with E-state index in [1.165, 1.54) is 16.4 Å². The third-order valence-electron chi connectivity index (χ3n) is 4.46. The predicted molar refractivity (Wildman–Crippen MR) is 95.0 cm³/mol. The Morgan fingerprint density at radius 2 is 2.00 bits per heavy atom. The number of sulfonamides is 1. The fraction of sp³-hybridized carbons (Fsp3) is 0.611. The van der Waals surface area contributed by atoms with Crippen LogP contribution in [0.3, 0.4) is 0 Å². The average Bonchev–Trinajstić information content (AvgIpc) is 2.59. The molecule has 1 amide bonds. The van der Waals surface area contributed by atoms with Crippen LogP contribution in [0.2, 0.25) is 0 Å². The van der Waals surface area contributed by atoms with E-state index in [0.717, 1.165) is 25.0 Å². The molecule has 7 heteroatoms. The molecular weight excluding hydrogens is 343 g/mol. The predicted octanol–water partition coefficient (Wildman–Crippen LogP) is 2.78. The Kier molecular flexibility index (Phi) is 6.95. The molecule has 1 fully saturated rings. The Balaban J connectivity index is 1.95. The van der Waals surface area contributed by atoms with Crippen LogP contribution in [0.4, 0.5) is 4.39 Å². The van der Waals surface area contributed by atoms with Crippen LogP contribution in [0.15, 0.2) is 29.2 Å². The molecule has 140 valence electrons. The number of carbonyl (C=O) groups excluding carboxylic acids is 1. The van der Waals surface area contributed by atoms with Gasteiger partial charge in [-0.15, -0.1) is 0 Å². The molecule has 1 aliphatic heterocycles. The lowest BCUT2D eigenvalue weighted by Crippen LogP contribution is -2.45. The molecule has 2 rings (SSSR count). The summed E-state index contributed by atoms with van der Waals surface area (Å²) >= 11 is 0. The molecule has 0 aromatic heterocycles. The summed E-state index contributed by atoms with van der Waals surface area (Å²) < 4.78 is 39.7. The molecule has 0 saturated carbocycles. The SMILES string of the molecule is CC(C)CCCNC(=O)C1CCCN(S(=O)(=O)c2ccc(F)cc2)C1. The van der Waals surface area contributed by atoms with Gasteiger partial charge in [0.25, 0.3) is 0 Å². The molecule has 0 radical (unpaired) electrons. The van der Waals surface area contributed by atoms with Crippen LogP contribution in [0, 0.1) is 17.7 Å². The van der Waals surface area contributed by atoms with Gasteiger partial charge in [0.2, 0.25) is 15.9 Å². The van der Waals surface area contributed by atoms with Gasteiger partial charge in [0, 0.05) is 19.6 Å². The smallest absolute Gasteiger partial charge is 0.243 e. The number of carbonyl (C=O) groups is 1. The highest BCUT2D eigenvalue weighted by atomic mass is 32.2. The second-order valence-electron chi connectivity index (χ2n) is 6.98. The molecule has 1 N–H and O–H groups in total. The molecule has 1 aromatic rings. The van der Waals surface area contributed by atoms with E-state index in [0.29, 0.717) is 31.8 Å². The van der Waals surface area contributed by atoms with Crippen molar-refractivity contribution in [2.45, 2.75) is 44.4 Å². The van der Waals surface area contributed by atoms with Crippen molar-refractivity contribution in [2.75, 3.05) is 19.6 Å². The standard InChI is InChI=1S/C18H27FN2O3S/c1-14(2)5-3-11-20-18(22)15-6-4-12-21(13-15)25(23,24)17-9-7-16(19)8-10-17/h7-10,14-15H,3-6,11-13H2,1-2H3,(H,20,22). The summed E-state index contributed by atoms with van der Waals surface area (Å²) in [6.07, 6.45) is 3.31. The summed E-state index contributed by atoms with van der Waals surface area (Å²) in [5, 5.41) is 2.92. The van der Waals surface area contributed by atoms with Crippen molar-refractivity contribution in [1.82, 2.24) is 9.62 Å². The Labute approximate surface area is 149 Å². The third kappa shape index (κ3) is 5.51. The lowest BCUT2D eigenvalue weighted by Gasteiger charge is -2.31. The monoisotopic (exact) mass is 370 g/mol. The fourth-order valence-electron chi connectivity index (χ4n) is 3.00. The van der Waals surface area contributed by atoms with Crippen LogP contribution in [-0.2, 0) is 14.8 Å². The highest BCUT2D eigenvalue weighted by Gasteiger charge is 2.33. The van der Waals surface area contributed by atoms with Crippen LogP contribution in [-0.4, -0.2) is 38.3 Å². The zero-order valence-electron chi connectivity index (χ0n) is 14.9. The molecule has 0 bridgehead atoms. The summed E-state index contributed by atoms with van der Waals surface area (Å²) in [6.45, 7) is 5.47. The van der Waals surface area contributed by atoms with Crippen molar-refractivity contribution in [3.05, 3.63) is 30.1 Å². The Hall–Kier alpha value is -1.47. The zero-order valence-corrected chi connectivity index (χ0v) is 15.7. The zero-order chi connectivity index (χ0) is 18.4. The number of hydrogen-bond acceptors (Lipinski definition) is 3. The van der Waals surface area contributed by atoms with E-state index in [-0.39, 0.29) is 23.3 Å². The molecule has 5 nitrogen and oxygen atoms in total. The first-order valence-corrected chi connectivity index (χ1v) is 10.3. The molecule has 1 unspecified atom stereocenters. The normalized spacial score (nSPS) is 19.1. The van der Waals surface area contributed by atoms with E-state index in [9.17, 15) is 17.6 Å². The van der Waals surface area contributed by atoms with Gasteiger partial charge in [-0.25, -0.2) is 12.8 Å². The van der Waals surface area contributed by atoms with Crippen LogP contribution in [0.1, 0.15) is 39.5 Å². The first-order valence-electron chi connectivity index (χ1n) is 8.84. The summed E-state index contributed by atoms with van der Waals surface area (Å²) in [5.74, 6) is -0.287. The maximum absolute atomic E-state index is 13.0. The average molecular weight is 370 g/mol. The first kappa shape index (κ1) is 19.8. The maximum Gasteiger partial charge on any atom is 0.243 e. The van der Waals surface area contributed by atoms with Gasteiger partial charge in [0.15, 0.2) is 0 Å². The minimum absolute atomic E-state index is 0.0619.